The van der Waals surface area contributed by atoms with Crippen LogP contribution in [-0.4, -0.2) is 25.0 Å². The third-order valence-electron chi connectivity index (χ3n) is 5.36. The molecule has 146 valence electrons. The second-order valence-electron chi connectivity index (χ2n) is 7.09. The van der Waals surface area contributed by atoms with E-state index in [0.29, 0.717) is 39.2 Å². The van der Waals surface area contributed by atoms with Gasteiger partial charge in [-0.25, -0.2) is 0 Å². The smallest absolute Gasteiger partial charge is 0.250 e. The highest BCUT2D eigenvalue weighted by atomic mass is 35.5. The number of hydrogen-bond acceptors (Lipinski definition) is 4. The van der Waals surface area contributed by atoms with Crippen molar-refractivity contribution >= 4 is 46.4 Å². The number of hydrogen-bond donors (Lipinski definition) is 3. The topological polar surface area (TPSA) is 79.5 Å². The highest BCUT2D eigenvalue weighted by Crippen LogP contribution is 2.49. The quantitative estimate of drug-likeness (QED) is 0.706. The van der Waals surface area contributed by atoms with Crippen LogP contribution in [0, 0.1) is 5.92 Å². The van der Waals surface area contributed by atoms with Crippen LogP contribution in [0.2, 0.25) is 10.0 Å². The molecule has 2 aliphatic rings. The van der Waals surface area contributed by atoms with Crippen LogP contribution in [-0.2, 0) is 15.1 Å². The lowest BCUT2D eigenvalue weighted by molar-refractivity contribution is -0.130. The van der Waals surface area contributed by atoms with Crippen LogP contribution in [0.1, 0.15) is 18.9 Å². The van der Waals surface area contributed by atoms with Gasteiger partial charge < -0.3 is 15.4 Å². The third kappa shape index (κ3) is 2.83. The Morgan fingerprint density at radius 3 is 2.82 bits per heavy atom. The molecule has 2 aromatic rings. The van der Waals surface area contributed by atoms with Gasteiger partial charge in [0, 0.05) is 16.6 Å². The zero-order chi connectivity index (χ0) is 20.1. The standard InChI is InChI=1S/C20H19Cl2N3O3/c1-10-8-13(18(26)23-15-9-11(21)6-7-16(15)28-2)20(25-10)12-4-3-5-14(22)17(12)24-19(20)27/h3-7,9-10,13,25H,8H2,1-2H3,(H,23,26)(H,24,27). The van der Waals surface area contributed by atoms with E-state index in [9.17, 15) is 9.59 Å². The molecule has 2 aromatic carbocycles. The SMILES string of the molecule is COc1ccc(Cl)cc1NC(=O)C1CC(C)NC12C(=O)Nc1c(Cl)cccc12. The van der Waals surface area contributed by atoms with Crippen molar-refractivity contribution in [3.63, 3.8) is 0 Å². The van der Waals surface area contributed by atoms with Crippen LogP contribution in [0.3, 0.4) is 0 Å². The predicted octanol–water partition coefficient (Wildman–Crippen LogP) is 3.79. The van der Waals surface area contributed by atoms with Crippen molar-refractivity contribution in [2.45, 2.75) is 24.9 Å². The molecule has 2 aliphatic heterocycles. The third-order valence-corrected chi connectivity index (χ3v) is 5.91. The van der Waals surface area contributed by atoms with Crippen molar-refractivity contribution in [2.75, 3.05) is 17.7 Å². The van der Waals surface area contributed by atoms with Gasteiger partial charge in [0.25, 0.3) is 0 Å². The molecule has 1 spiro atoms. The van der Waals surface area contributed by atoms with E-state index in [2.05, 4.69) is 16.0 Å². The Morgan fingerprint density at radius 2 is 2.07 bits per heavy atom. The molecule has 28 heavy (non-hydrogen) atoms. The molecule has 3 unspecified atom stereocenters. The number of nitrogens with one attached hydrogen (secondary N) is 3. The number of rotatable bonds is 3. The first kappa shape index (κ1) is 19.1. The van der Waals surface area contributed by atoms with Crippen molar-refractivity contribution in [3.8, 4) is 5.75 Å². The van der Waals surface area contributed by atoms with Crippen LogP contribution in [0.5, 0.6) is 5.75 Å². The molecular weight excluding hydrogens is 401 g/mol. The Balaban J connectivity index is 1.74. The molecule has 1 fully saturated rings. The summed E-state index contributed by atoms with van der Waals surface area (Å²) in [6, 6.07) is 10.3. The summed E-state index contributed by atoms with van der Waals surface area (Å²) in [6.07, 6.45) is 0.494. The molecule has 0 bridgehead atoms. The molecule has 0 aromatic heterocycles. The number of benzene rings is 2. The molecule has 0 radical (unpaired) electrons. The van der Waals surface area contributed by atoms with E-state index < -0.39 is 11.5 Å². The lowest BCUT2D eigenvalue weighted by Crippen LogP contribution is -2.52. The monoisotopic (exact) mass is 419 g/mol. The molecule has 0 saturated carbocycles. The minimum Gasteiger partial charge on any atom is -0.495 e. The maximum atomic E-state index is 13.3. The normalized spacial score (nSPS) is 25.5. The first-order chi connectivity index (χ1) is 13.4. The van der Waals surface area contributed by atoms with Gasteiger partial charge in [0.1, 0.15) is 11.3 Å². The average molecular weight is 420 g/mol. The predicted molar refractivity (Wildman–Crippen MR) is 109 cm³/mol. The number of para-hydroxylation sites is 1. The summed E-state index contributed by atoms with van der Waals surface area (Å²) in [5.74, 6) is -0.713. The fourth-order valence-electron chi connectivity index (χ4n) is 4.18. The van der Waals surface area contributed by atoms with Gasteiger partial charge in [-0.2, -0.15) is 0 Å². The summed E-state index contributed by atoms with van der Waals surface area (Å²) in [4.78, 5) is 26.3. The summed E-state index contributed by atoms with van der Waals surface area (Å²) >= 11 is 12.3. The molecule has 3 atom stereocenters. The van der Waals surface area contributed by atoms with Crippen LogP contribution in [0.15, 0.2) is 36.4 Å². The van der Waals surface area contributed by atoms with Gasteiger partial charge in [-0.1, -0.05) is 35.3 Å². The lowest BCUT2D eigenvalue weighted by Gasteiger charge is -2.29. The van der Waals surface area contributed by atoms with E-state index in [1.807, 2.05) is 13.0 Å². The summed E-state index contributed by atoms with van der Waals surface area (Å²) in [5, 5.41) is 9.97. The van der Waals surface area contributed by atoms with Crippen molar-refractivity contribution in [1.82, 2.24) is 5.32 Å². The molecule has 2 amide bonds. The van der Waals surface area contributed by atoms with Crippen molar-refractivity contribution in [1.29, 1.82) is 0 Å². The molecule has 4 rings (SSSR count). The summed E-state index contributed by atoms with van der Waals surface area (Å²) in [6.45, 7) is 1.95. The number of carbonyl (C=O) groups is 2. The van der Waals surface area contributed by atoms with E-state index in [1.54, 1.807) is 30.3 Å². The summed E-state index contributed by atoms with van der Waals surface area (Å²) in [7, 11) is 1.52. The minimum atomic E-state index is -1.17. The van der Waals surface area contributed by atoms with E-state index >= 15 is 0 Å². The summed E-state index contributed by atoms with van der Waals surface area (Å²) in [5.41, 5.74) is 0.524. The lowest BCUT2D eigenvalue weighted by atomic mass is 9.79. The molecule has 3 N–H and O–H groups in total. The van der Waals surface area contributed by atoms with Crippen LogP contribution < -0.4 is 20.7 Å². The number of anilines is 2. The molecule has 1 saturated heterocycles. The maximum Gasteiger partial charge on any atom is 0.250 e. The summed E-state index contributed by atoms with van der Waals surface area (Å²) < 4.78 is 5.31. The number of methoxy groups -OCH3 is 1. The van der Waals surface area contributed by atoms with Gasteiger partial charge in [-0.05, 0) is 37.6 Å². The second kappa shape index (κ2) is 6.95. The Kier molecular flexibility index (Phi) is 4.73. The average Bonchev–Trinajstić information content (AvgIpc) is 3.15. The Morgan fingerprint density at radius 1 is 1.29 bits per heavy atom. The van der Waals surface area contributed by atoms with Gasteiger partial charge in [0.2, 0.25) is 11.8 Å². The Hall–Kier alpha value is -2.28. The second-order valence-corrected chi connectivity index (χ2v) is 7.94. The molecular formula is C20H19Cl2N3O3. The number of ether oxygens (including phenoxy) is 1. The Bertz CT molecular complexity index is 981. The first-order valence-corrected chi connectivity index (χ1v) is 9.65. The zero-order valence-electron chi connectivity index (χ0n) is 15.3. The first-order valence-electron chi connectivity index (χ1n) is 8.89. The van der Waals surface area contributed by atoms with Gasteiger partial charge in [-0.3, -0.25) is 14.9 Å². The highest BCUT2D eigenvalue weighted by molar-refractivity contribution is 6.35. The maximum absolute atomic E-state index is 13.3. The van der Waals surface area contributed by atoms with Gasteiger partial charge in [-0.15, -0.1) is 0 Å². The largest absolute Gasteiger partial charge is 0.495 e. The fourth-order valence-corrected chi connectivity index (χ4v) is 4.58. The number of fused-ring (bicyclic) bond motifs is 2. The zero-order valence-corrected chi connectivity index (χ0v) is 16.8. The number of amides is 2. The molecule has 2 heterocycles. The van der Waals surface area contributed by atoms with E-state index in [0.717, 1.165) is 0 Å². The van der Waals surface area contributed by atoms with E-state index in [-0.39, 0.29) is 17.9 Å². The van der Waals surface area contributed by atoms with Crippen LogP contribution in [0.4, 0.5) is 11.4 Å². The van der Waals surface area contributed by atoms with Crippen LogP contribution >= 0.6 is 23.2 Å². The highest BCUT2D eigenvalue weighted by Gasteiger charge is 2.59. The van der Waals surface area contributed by atoms with Crippen molar-refractivity contribution < 1.29 is 14.3 Å². The number of carbonyl (C=O) groups excluding carboxylic acids is 2. The van der Waals surface area contributed by atoms with Gasteiger partial charge >= 0.3 is 0 Å². The van der Waals surface area contributed by atoms with Crippen LogP contribution in [0.25, 0.3) is 0 Å². The van der Waals surface area contributed by atoms with E-state index in [4.69, 9.17) is 27.9 Å². The minimum absolute atomic E-state index is 0.0345. The van der Waals surface area contributed by atoms with Crippen molar-refractivity contribution in [2.24, 2.45) is 5.92 Å². The molecule has 0 aliphatic carbocycles. The Labute approximate surface area is 172 Å². The molecule has 8 heteroatoms. The number of halogens is 2. The fraction of sp³-hybridized carbons (Fsp3) is 0.300. The van der Waals surface area contributed by atoms with E-state index in [1.165, 1.54) is 7.11 Å². The van der Waals surface area contributed by atoms with Crippen molar-refractivity contribution in [3.05, 3.63) is 52.0 Å². The van der Waals surface area contributed by atoms with Gasteiger partial charge in [0.05, 0.1) is 29.4 Å². The molecule has 6 nitrogen and oxygen atoms in total. The van der Waals surface area contributed by atoms with Gasteiger partial charge in [0.15, 0.2) is 0 Å².